The highest BCUT2D eigenvalue weighted by molar-refractivity contribution is 5.10. The first kappa shape index (κ1) is 6.81. The van der Waals surface area contributed by atoms with Gasteiger partial charge in [-0.25, -0.2) is 0 Å². The number of rotatable bonds is 1. The Hall–Kier alpha value is -0.300. The zero-order valence-corrected chi connectivity index (χ0v) is 6.28. The van der Waals surface area contributed by atoms with E-state index in [1.165, 1.54) is 24.8 Å². The van der Waals surface area contributed by atoms with Crippen LogP contribution >= 0.6 is 0 Å². The lowest BCUT2D eigenvalue weighted by Gasteiger charge is -2.20. The normalized spacial score (nSPS) is 27.8. The lowest BCUT2D eigenvalue weighted by atomic mass is 9.96. The lowest BCUT2D eigenvalue weighted by Crippen LogP contribution is -2.27. The van der Waals surface area contributed by atoms with Gasteiger partial charge >= 0.3 is 0 Å². The van der Waals surface area contributed by atoms with Gasteiger partial charge in [0.25, 0.3) is 0 Å². The molecule has 0 radical (unpaired) electrons. The summed E-state index contributed by atoms with van der Waals surface area (Å²) in [6, 6.07) is 0.666. The average molecular weight is 125 g/mol. The van der Waals surface area contributed by atoms with Gasteiger partial charge in [0, 0.05) is 6.04 Å². The third-order valence-corrected chi connectivity index (χ3v) is 2.06. The van der Waals surface area contributed by atoms with Crippen LogP contribution in [0.5, 0.6) is 0 Å². The van der Waals surface area contributed by atoms with Crippen LogP contribution in [0.4, 0.5) is 0 Å². The molecule has 1 atom stereocenters. The summed E-state index contributed by atoms with van der Waals surface area (Å²) in [6.07, 6.45) is 6.29. The fourth-order valence-electron chi connectivity index (χ4n) is 1.39. The van der Waals surface area contributed by atoms with Gasteiger partial charge in [0.15, 0.2) is 0 Å². The van der Waals surface area contributed by atoms with E-state index in [9.17, 15) is 0 Å². The zero-order chi connectivity index (χ0) is 6.69. The van der Waals surface area contributed by atoms with E-state index >= 15 is 0 Å². The Kier molecular flexibility index (Phi) is 2.29. The molecule has 9 heavy (non-hydrogen) atoms. The highest BCUT2D eigenvalue weighted by Gasteiger charge is 2.10. The summed E-state index contributed by atoms with van der Waals surface area (Å²) in [7, 11) is 2.04. The summed E-state index contributed by atoms with van der Waals surface area (Å²) >= 11 is 0. The molecule has 0 aromatic heterocycles. The Balaban J connectivity index is 2.50. The standard InChI is InChI=1S/C8H15N/c1-7-5-3-4-6-8(7)9-2/h5,8-9H,3-4,6H2,1-2H3. The van der Waals surface area contributed by atoms with Gasteiger partial charge in [-0.1, -0.05) is 11.6 Å². The molecule has 1 aliphatic rings. The molecule has 0 spiro atoms. The molecular weight excluding hydrogens is 110 g/mol. The van der Waals surface area contributed by atoms with Gasteiger partial charge in [-0.15, -0.1) is 0 Å². The van der Waals surface area contributed by atoms with Crippen molar-refractivity contribution in [2.45, 2.75) is 32.2 Å². The Bertz CT molecular complexity index is 116. The molecule has 1 aliphatic carbocycles. The molecule has 0 amide bonds. The van der Waals surface area contributed by atoms with Crippen LogP contribution in [0.3, 0.4) is 0 Å². The lowest BCUT2D eigenvalue weighted by molar-refractivity contribution is 0.540. The molecule has 0 saturated heterocycles. The van der Waals surface area contributed by atoms with Crippen molar-refractivity contribution in [3.05, 3.63) is 11.6 Å². The topological polar surface area (TPSA) is 12.0 Å². The van der Waals surface area contributed by atoms with Crippen LogP contribution in [-0.4, -0.2) is 13.1 Å². The smallest absolute Gasteiger partial charge is 0.0274 e. The number of nitrogens with one attached hydrogen (secondary N) is 1. The quantitative estimate of drug-likeness (QED) is 0.526. The molecule has 0 saturated carbocycles. The SMILES string of the molecule is CNC1CCCC=C1C. The fourth-order valence-corrected chi connectivity index (χ4v) is 1.39. The monoisotopic (exact) mass is 125 g/mol. The van der Waals surface area contributed by atoms with Gasteiger partial charge in [-0.05, 0) is 33.2 Å². The highest BCUT2D eigenvalue weighted by atomic mass is 14.9. The maximum Gasteiger partial charge on any atom is 0.0274 e. The first-order valence-corrected chi connectivity index (χ1v) is 3.68. The summed E-state index contributed by atoms with van der Waals surface area (Å²) in [6.45, 7) is 2.21. The molecule has 1 rings (SSSR count). The van der Waals surface area contributed by atoms with E-state index in [-0.39, 0.29) is 0 Å². The van der Waals surface area contributed by atoms with Crippen molar-refractivity contribution in [2.75, 3.05) is 7.05 Å². The van der Waals surface area contributed by atoms with E-state index in [1.54, 1.807) is 0 Å². The van der Waals surface area contributed by atoms with Crippen LogP contribution in [0.2, 0.25) is 0 Å². The fraction of sp³-hybridized carbons (Fsp3) is 0.750. The molecular formula is C8H15N. The molecule has 1 N–H and O–H groups in total. The molecule has 0 aromatic rings. The molecule has 1 heteroatoms. The minimum Gasteiger partial charge on any atom is -0.313 e. The molecule has 0 aromatic carbocycles. The van der Waals surface area contributed by atoms with E-state index < -0.39 is 0 Å². The Labute approximate surface area is 57.1 Å². The summed E-state index contributed by atoms with van der Waals surface area (Å²) in [5.74, 6) is 0. The van der Waals surface area contributed by atoms with Gasteiger partial charge < -0.3 is 5.32 Å². The second-order valence-corrected chi connectivity index (χ2v) is 2.72. The largest absolute Gasteiger partial charge is 0.313 e. The van der Waals surface area contributed by atoms with Crippen molar-refractivity contribution < 1.29 is 0 Å². The second kappa shape index (κ2) is 3.02. The summed E-state index contributed by atoms with van der Waals surface area (Å²) < 4.78 is 0. The number of hydrogen-bond donors (Lipinski definition) is 1. The maximum absolute atomic E-state index is 3.29. The van der Waals surface area contributed by atoms with E-state index in [0.717, 1.165) is 0 Å². The van der Waals surface area contributed by atoms with Gasteiger partial charge in [0.05, 0.1) is 0 Å². The minimum atomic E-state index is 0.666. The van der Waals surface area contributed by atoms with Crippen molar-refractivity contribution in [3.63, 3.8) is 0 Å². The Morgan fingerprint density at radius 1 is 1.67 bits per heavy atom. The molecule has 0 fully saturated rings. The number of likely N-dealkylation sites (N-methyl/N-ethyl adjacent to an activating group) is 1. The Morgan fingerprint density at radius 2 is 2.44 bits per heavy atom. The third-order valence-electron chi connectivity index (χ3n) is 2.06. The second-order valence-electron chi connectivity index (χ2n) is 2.72. The van der Waals surface area contributed by atoms with Crippen molar-refractivity contribution >= 4 is 0 Å². The van der Waals surface area contributed by atoms with Crippen LogP contribution in [0, 0.1) is 0 Å². The van der Waals surface area contributed by atoms with Gasteiger partial charge in [-0.2, -0.15) is 0 Å². The molecule has 1 nitrogen and oxygen atoms in total. The van der Waals surface area contributed by atoms with Crippen molar-refractivity contribution in [2.24, 2.45) is 0 Å². The predicted molar refractivity (Wildman–Crippen MR) is 40.5 cm³/mol. The van der Waals surface area contributed by atoms with Crippen molar-refractivity contribution in [1.29, 1.82) is 0 Å². The molecule has 0 bridgehead atoms. The van der Waals surface area contributed by atoms with Crippen molar-refractivity contribution in [1.82, 2.24) is 5.32 Å². The van der Waals surface area contributed by atoms with E-state index in [0.29, 0.717) is 6.04 Å². The van der Waals surface area contributed by atoms with Crippen LogP contribution in [-0.2, 0) is 0 Å². The first-order chi connectivity index (χ1) is 4.34. The van der Waals surface area contributed by atoms with E-state index in [1.807, 2.05) is 7.05 Å². The van der Waals surface area contributed by atoms with Gasteiger partial charge in [0.2, 0.25) is 0 Å². The minimum absolute atomic E-state index is 0.666. The summed E-state index contributed by atoms with van der Waals surface area (Å²) in [5, 5.41) is 3.29. The van der Waals surface area contributed by atoms with Gasteiger partial charge in [0.1, 0.15) is 0 Å². The highest BCUT2D eigenvalue weighted by Crippen LogP contribution is 2.16. The van der Waals surface area contributed by atoms with E-state index in [2.05, 4.69) is 18.3 Å². The number of allylic oxidation sites excluding steroid dienone is 1. The van der Waals surface area contributed by atoms with Crippen LogP contribution in [0.15, 0.2) is 11.6 Å². The van der Waals surface area contributed by atoms with Crippen molar-refractivity contribution in [3.8, 4) is 0 Å². The molecule has 0 aliphatic heterocycles. The zero-order valence-electron chi connectivity index (χ0n) is 6.28. The summed E-state index contributed by atoms with van der Waals surface area (Å²) in [5.41, 5.74) is 1.52. The molecule has 1 unspecified atom stereocenters. The van der Waals surface area contributed by atoms with Crippen LogP contribution < -0.4 is 5.32 Å². The molecule has 0 heterocycles. The number of hydrogen-bond acceptors (Lipinski definition) is 1. The Morgan fingerprint density at radius 3 is 2.89 bits per heavy atom. The van der Waals surface area contributed by atoms with Crippen LogP contribution in [0.1, 0.15) is 26.2 Å². The third kappa shape index (κ3) is 1.55. The first-order valence-electron chi connectivity index (χ1n) is 3.68. The summed E-state index contributed by atoms with van der Waals surface area (Å²) in [4.78, 5) is 0. The average Bonchev–Trinajstić information content (AvgIpc) is 1.89. The van der Waals surface area contributed by atoms with E-state index in [4.69, 9.17) is 0 Å². The molecule has 52 valence electrons. The van der Waals surface area contributed by atoms with Crippen LogP contribution in [0.25, 0.3) is 0 Å². The van der Waals surface area contributed by atoms with Gasteiger partial charge in [-0.3, -0.25) is 0 Å². The maximum atomic E-state index is 3.29. The predicted octanol–water partition coefficient (Wildman–Crippen LogP) is 1.70.